The molecule has 2 heterocycles. The predicted molar refractivity (Wildman–Crippen MR) is 66.8 cm³/mol. The van der Waals surface area contributed by atoms with Gasteiger partial charge in [-0.05, 0) is 12.5 Å². The Labute approximate surface area is 101 Å². The first-order valence-electron chi connectivity index (χ1n) is 5.10. The quantitative estimate of drug-likeness (QED) is 0.724. The van der Waals surface area contributed by atoms with E-state index in [4.69, 9.17) is 0 Å². The lowest BCUT2D eigenvalue weighted by Crippen LogP contribution is -2.36. The molecule has 0 aliphatic carbocycles. The first-order valence-corrected chi connectivity index (χ1v) is 5.92. The van der Waals surface area contributed by atoms with Crippen LogP contribution in [0.2, 0.25) is 0 Å². The normalized spacial score (nSPS) is 11.0. The molecule has 2 rings (SSSR count). The van der Waals surface area contributed by atoms with Gasteiger partial charge in [0.05, 0.1) is 5.39 Å². The topological polar surface area (TPSA) is 61.1 Å². The summed E-state index contributed by atoms with van der Waals surface area (Å²) in [6, 6.07) is 0. The number of nitrogens with zero attached hydrogens (tertiary/aromatic N) is 2. The van der Waals surface area contributed by atoms with Crippen LogP contribution in [-0.2, 0) is 25.3 Å². The summed E-state index contributed by atoms with van der Waals surface area (Å²) in [5.41, 5.74) is 0.0573. The van der Waals surface area contributed by atoms with Crippen molar-refractivity contribution < 1.29 is 4.79 Å². The second-order valence-corrected chi connectivity index (χ2v) is 5.10. The summed E-state index contributed by atoms with van der Waals surface area (Å²) < 4.78 is 2.52. The largest absolute Gasteiger partial charge is 0.331 e. The SMILES string of the molecule is Cc1sc2c(c1CC=O)c(=O)n(C)c(=O)n2C. The lowest BCUT2D eigenvalue weighted by atomic mass is 10.1. The van der Waals surface area contributed by atoms with Crippen LogP contribution < -0.4 is 11.2 Å². The number of aldehydes is 1. The maximum Gasteiger partial charge on any atom is 0.331 e. The van der Waals surface area contributed by atoms with E-state index in [1.165, 1.54) is 23.0 Å². The molecule has 0 atom stereocenters. The molecule has 0 saturated heterocycles. The van der Waals surface area contributed by atoms with E-state index in [1.54, 1.807) is 7.05 Å². The number of thiophene rings is 1. The minimum Gasteiger partial charge on any atom is -0.303 e. The number of aromatic nitrogens is 2. The van der Waals surface area contributed by atoms with Crippen molar-refractivity contribution in [3.8, 4) is 0 Å². The van der Waals surface area contributed by atoms with Crippen LogP contribution in [0.1, 0.15) is 10.4 Å². The van der Waals surface area contributed by atoms with E-state index in [-0.39, 0.29) is 17.7 Å². The van der Waals surface area contributed by atoms with Gasteiger partial charge in [0.1, 0.15) is 11.1 Å². The summed E-state index contributed by atoms with van der Waals surface area (Å²) in [6.07, 6.45) is 0.984. The Bertz CT molecular complexity index is 721. The van der Waals surface area contributed by atoms with Gasteiger partial charge >= 0.3 is 5.69 Å². The van der Waals surface area contributed by atoms with Gasteiger partial charge in [-0.25, -0.2) is 4.79 Å². The molecule has 5 nitrogen and oxygen atoms in total. The van der Waals surface area contributed by atoms with Crippen LogP contribution in [0.5, 0.6) is 0 Å². The van der Waals surface area contributed by atoms with Crippen LogP contribution in [0.25, 0.3) is 10.2 Å². The third kappa shape index (κ3) is 1.56. The maximum atomic E-state index is 12.1. The van der Waals surface area contributed by atoms with Gasteiger partial charge in [0, 0.05) is 25.4 Å². The molecular formula is C11H12N2O3S. The van der Waals surface area contributed by atoms with Crippen molar-refractivity contribution in [1.82, 2.24) is 9.13 Å². The summed E-state index contributed by atoms with van der Waals surface area (Å²) in [5.74, 6) is 0. The third-order valence-corrected chi connectivity index (χ3v) is 4.10. The summed E-state index contributed by atoms with van der Waals surface area (Å²) >= 11 is 1.37. The van der Waals surface area contributed by atoms with E-state index >= 15 is 0 Å². The molecule has 0 fully saturated rings. The fourth-order valence-corrected chi connectivity index (χ4v) is 3.04. The highest BCUT2D eigenvalue weighted by Crippen LogP contribution is 2.27. The van der Waals surface area contributed by atoms with Crippen LogP contribution in [-0.4, -0.2) is 15.4 Å². The molecule has 0 aromatic carbocycles. The minimum absolute atomic E-state index is 0.208. The van der Waals surface area contributed by atoms with Crippen LogP contribution in [0.3, 0.4) is 0 Å². The van der Waals surface area contributed by atoms with E-state index < -0.39 is 0 Å². The summed E-state index contributed by atoms with van der Waals surface area (Å²) in [5, 5.41) is 0.490. The standard InChI is InChI=1S/C11H12N2O3S/c1-6-7(4-5-14)8-9(15)12(2)11(16)13(3)10(8)17-6/h5H,4H2,1-3H3. The molecular weight excluding hydrogens is 240 g/mol. The molecule has 6 heteroatoms. The molecule has 0 spiro atoms. The minimum atomic E-state index is -0.346. The van der Waals surface area contributed by atoms with E-state index in [9.17, 15) is 14.4 Å². The van der Waals surface area contributed by atoms with Gasteiger partial charge in [-0.15, -0.1) is 11.3 Å². The lowest BCUT2D eigenvalue weighted by Gasteiger charge is -2.03. The molecule has 0 saturated carbocycles. The van der Waals surface area contributed by atoms with Gasteiger partial charge in [-0.3, -0.25) is 13.9 Å². The van der Waals surface area contributed by atoms with Gasteiger partial charge in [0.25, 0.3) is 5.56 Å². The Balaban J connectivity index is 3.07. The van der Waals surface area contributed by atoms with Crippen molar-refractivity contribution in [3.05, 3.63) is 31.3 Å². The molecule has 0 unspecified atom stereocenters. The number of rotatable bonds is 2. The fraction of sp³-hybridized carbons (Fsp3) is 0.364. The van der Waals surface area contributed by atoms with Crippen LogP contribution in [0.4, 0.5) is 0 Å². The molecule has 0 bridgehead atoms. The van der Waals surface area contributed by atoms with Crippen LogP contribution in [0.15, 0.2) is 9.59 Å². The van der Waals surface area contributed by atoms with E-state index in [0.29, 0.717) is 10.2 Å². The average molecular weight is 252 g/mol. The van der Waals surface area contributed by atoms with E-state index in [0.717, 1.165) is 21.3 Å². The Kier molecular flexibility index (Phi) is 2.74. The molecule has 0 radical (unpaired) electrons. The third-order valence-electron chi connectivity index (χ3n) is 2.87. The zero-order valence-corrected chi connectivity index (χ0v) is 10.6. The highest BCUT2D eigenvalue weighted by atomic mass is 32.1. The average Bonchev–Trinajstić information content (AvgIpc) is 2.62. The van der Waals surface area contributed by atoms with Crippen molar-refractivity contribution >= 4 is 27.8 Å². The van der Waals surface area contributed by atoms with Gasteiger partial charge in [0.15, 0.2) is 0 Å². The second-order valence-electron chi connectivity index (χ2n) is 3.89. The number of hydrogen-bond acceptors (Lipinski definition) is 4. The first kappa shape index (κ1) is 11.8. The molecule has 2 aromatic rings. The smallest absolute Gasteiger partial charge is 0.303 e. The van der Waals surface area contributed by atoms with E-state index in [1.807, 2.05) is 6.92 Å². The van der Waals surface area contributed by atoms with Crippen LogP contribution >= 0.6 is 11.3 Å². The zero-order valence-electron chi connectivity index (χ0n) is 9.81. The molecule has 0 amide bonds. The Morgan fingerprint density at radius 2 is 1.88 bits per heavy atom. The van der Waals surface area contributed by atoms with Crippen molar-refractivity contribution in [3.63, 3.8) is 0 Å². The van der Waals surface area contributed by atoms with E-state index in [2.05, 4.69) is 0 Å². The molecule has 0 aliphatic rings. The monoisotopic (exact) mass is 252 g/mol. The number of aryl methyl sites for hydroxylation is 2. The first-order chi connectivity index (χ1) is 7.99. The van der Waals surface area contributed by atoms with Gasteiger partial charge in [0.2, 0.25) is 0 Å². The summed E-state index contributed by atoms with van der Waals surface area (Å²) in [6.45, 7) is 1.85. The molecule has 17 heavy (non-hydrogen) atoms. The number of hydrogen-bond donors (Lipinski definition) is 0. The molecule has 0 aliphatic heterocycles. The zero-order chi connectivity index (χ0) is 12.7. The van der Waals surface area contributed by atoms with Crippen LogP contribution in [0, 0.1) is 6.92 Å². The second kappa shape index (κ2) is 3.96. The fourth-order valence-electron chi connectivity index (χ4n) is 1.92. The van der Waals surface area contributed by atoms with Crippen molar-refractivity contribution in [2.45, 2.75) is 13.3 Å². The van der Waals surface area contributed by atoms with Crippen molar-refractivity contribution in [1.29, 1.82) is 0 Å². The summed E-state index contributed by atoms with van der Waals surface area (Å²) in [4.78, 5) is 36.0. The molecule has 90 valence electrons. The Morgan fingerprint density at radius 3 is 2.47 bits per heavy atom. The highest BCUT2D eigenvalue weighted by molar-refractivity contribution is 7.18. The Hall–Kier alpha value is -1.69. The maximum absolute atomic E-state index is 12.1. The molecule has 2 aromatic heterocycles. The lowest BCUT2D eigenvalue weighted by molar-refractivity contribution is -0.107. The molecule has 0 N–H and O–H groups in total. The highest BCUT2D eigenvalue weighted by Gasteiger charge is 2.16. The van der Waals surface area contributed by atoms with Gasteiger partial charge in [-0.2, -0.15) is 0 Å². The number of carbonyl (C=O) groups is 1. The Morgan fingerprint density at radius 1 is 1.24 bits per heavy atom. The summed E-state index contributed by atoms with van der Waals surface area (Å²) in [7, 11) is 3.08. The van der Waals surface area contributed by atoms with Gasteiger partial charge < -0.3 is 4.79 Å². The predicted octanol–water partition coefficient (Wildman–Crippen LogP) is 0.349. The van der Waals surface area contributed by atoms with Gasteiger partial charge in [-0.1, -0.05) is 0 Å². The van der Waals surface area contributed by atoms with Crippen molar-refractivity contribution in [2.24, 2.45) is 14.1 Å². The number of fused-ring (bicyclic) bond motifs is 1. The number of carbonyl (C=O) groups excluding carboxylic acids is 1. The van der Waals surface area contributed by atoms with Crippen molar-refractivity contribution in [2.75, 3.05) is 0 Å².